The molecule has 284 valence electrons. The summed E-state index contributed by atoms with van der Waals surface area (Å²) < 4.78 is 51.1. The van der Waals surface area contributed by atoms with Gasteiger partial charge in [0.15, 0.2) is 11.0 Å². The van der Waals surface area contributed by atoms with E-state index >= 15 is 4.39 Å². The van der Waals surface area contributed by atoms with E-state index in [0.29, 0.717) is 42.0 Å². The molecule has 4 heterocycles. The Morgan fingerprint density at radius 2 is 1.74 bits per heavy atom. The highest BCUT2D eigenvalue weighted by Gasteiger charge is 2.73. The van der Waals surface area contributed by atoms with Gasteiger partial charge in [0.05, 0.1) is 23.6 Å². The van der Waals surface area contributed by atoms with Crippen molar-refractivity contribution in [2.45, 2.75) is 99.3 Å². The number of nitrogens with one attached hydrogen (secondary N) is 3. The standard InChI is InChI=1S/C30H34Cl2FN5O4.C7H8O3S/c1-28(2)8-10-29(11-9-28)30(18-5-3-15(31)13-19(18)37-27(30)41)21(17-7-12-35-24(32)22(17)33)23(38-29)26(40)36-16-4-6-20(25(34)39)42-14-16;1-6-2-4-7(5-3-6)11(8,9)10/h3,5,7,12-13,16,20-21,23,38H,4,6,8-11,14H2,1-2H3,(H2,34,39)(H,36,40)(H,37,41);2-5H,1H3,(H,8,9,10)/t16-,20+,21+,23-,30-;/m1./s1. The minimum absolute atomic E-state index is 0.0312. The summed E-state index contributed by atoms with van der Waals surface area (Å²) in [7, 11) is -4.02. The summed E-state index contributed by atoms with van der Waals surface area (Å²) in [5, 5.41) is 9.81. The molecule has 4 aliphatic rings. The molecule has 53 heavy (non-hydrogen) atoms. The Balaban J connectivity index is 0.000000376. The maximum atomic E-state index is 16.0. The van der Waals surface area contributed by atoms with Gasteiger partial charge in [-0.3, -0.25) is 24.3 Å². The van der Waals surface area contributed by atoms with E-state index in [4.69, 9.17) is 38.2 Å². The molecule has 2 aromatic carbocycles. The lowest BCUT2D eigenvalue weighted by molar-refractivity contribution is -0.134. The number of aromatic nitrogens is 1. The van der Waals surface area contributed by atoms with Crippen LogP contribution in [0.15, 0.2) is 59.6 Å². The molecule has 3 fully saturated rings. The highest BCUT2D eigenvalue weighted by atomic mass is 35.5. The number of nitrogens with two attached hydrogens (primary N) is 1. The van der Waals surface area contributed by atoms with Gasteiger partial charge in [-0.15, -0.1) is 0 Å². The van der Waals surface area contributed by atoms with Crippen LogP contribution in [0.5, 0.6) is 0 Å². The van der Waals surface area contributed by atoms with Gasteiger partial charge in [-0.1, -0.05) is 60.8 Å². The van der Waals surface area contributed by atoms with E-state index in [1.54, 1.807) is 24.3 Å². The summed E-state index contributed by atoms with van der Waals surface area (Å²) in [5.41, 5.74) is 5.50. The number of hydrogen-bond acceptors (Lipinski definition) is 8. The van der Waals surface area contributed by atoms with Crippen LogP contribution in [0.2, 0.25) is 10.2 Å². The molecule has 7 rings (SSSR count). The number of fused-ring (bicyclic) bond motifs is 3. The lowest BCUT2D eigenvalue weighted by Gasteiger charge is -2.50. The summed E-state index contributed by atoms with van der Waals surface area (Å²) in [4.78, 5) is 44.1. The molecule has 2 spiro atoms. The van der Waals surface area contributed by atoms with Gasteiger partial charge in [0.1, 0.15) is 11.5 Å². The lowest BCUT2D eigenvalue weighted by atomic mass is 9.53. The summed E-state index contributed by atoms with van der Waals surface area (Å²) in [5.74, 6) is -2.99. The third kappa shape index (κ3) is 7.29. The van der Waals surface area contributed by atoms with Crippen LogP contribution < -0.4 is 21.7 Å². The zero-order chi connectivity index (χ0) is 38.5. The molecule has 0 radical (unpaired) electrons. The molecule has 5 atom stereocenters. The second-order valence-electron chi connectivity index (χ2n) is 15.1. The van der Waals surface area contributed by atoms with Gasteiger partial charge >= 0.3 is 0 Å². The number of pyridine rings is 1. The molecule has 6 N–H and O–H groups in total. The number of carbonyl (C=O) groups excluding carboxylic acids is 3. The lowest BCUT2D eigenvalue weighted by Crippen LogP contribution is -2.61. The maximum Gasteiger partial charge on any atom is 0.294 e. The van der Waals surface area contributed by atoms with Crippen LogP contribution in [-0.4, -0.2) is 66.0 Å². The second kappa shape index (κ2) is 14.5. The van der Waals surface area contributed by atoms with Gasteiger partial charge in [-0.25, -0.2) is 9.37 Å². The van der Waals surface area contributed by atoms with Crippen LogP contribution >= 0.6 is 23.2 Å². The number of carbonyl (C=O) groups is 3. The molecular formula is C37H42Cl2FN5O7S. The quantitative estimate of drug-likeness (QED) is 0.171. The average molecular weight is 791 g/mol. The van der Waals surface area contributed by atoms with Crippen molar-refractivity contribution in [3.05, 3.63) is 87.4 Å². The van der Waals surface area contributed by atoms with Crippen molar-refractivity contribution in [1.29, 1.82) is 0 Å². The minimum Gasteiger partial charge on any atom is -0.367 e. The Morgan fingerprint density at radius 3 is 2.34 bits per heavy atom. The molecule has 0 unspecified atom stereocenters. The third-order valence-electron chi connectivity index (χ3n) is 11.2. The number of primary amides is 1. The van der Waals surface area contributed by atoms with Gasteiger partial charge in [0.2, 0.25) is 17.7 Å². The fraction of sp³-hybridized carbons (Fsp3) is 0.459. The fourth-order valence-corrected chi connectivity index (χ4v) is 9.24. The largest absolute Gasteiger partial charge is 0.367 e. The Morgan fingerprint density at radius 1 is 1.06 bits per heavy atom. The van der Waals surface area contributed by atoms with Crippen LogP contribution in [0, 0.1) is 18.2 Å². The second-order valence-corrected chi connectivity index (χ2v) is 17.3. The van der Waals surface area contributed by atoms with Crippen molar-refractivity contribution in [3.8, 4) is 0 Å². The third-order valence-corrected chi connectivity index (χ3v) is 12.6. The number of halogens is 3. The van der Waals surface area contributed by atoms with Crippen LogP contribution in [0.4, 0.5) is 10.1 Å². The molecule has 3 aromatic rings. The molecule has 0 bridgehead atoms. The number of benzene rings is 2. The zero-order valence-electron chi connectivity index (χ0n) is 29.4. The van der Waals surface area contributed by atoms with E-state index in [9.17, 15) is 22.8 Å². The molecule has 1 saturated carbocycles. The Hall–Kier alpha value is -3.66. The van der Waals surface area contributed by atoms with Crippen LogP contribution in [-0.2, 0) is 34.7 Å². The summed E-state index contributed by atoms with van der Waals surface area (Å²) in [6, 6.07) is 11.3. The zero-order valence-corrected chi connectivity index (χ0v) is 31.7. The summed E-state index contributed by atoms with van der Waals surface area (Å²) in [6.07, 6.45) is 4.31. The molecule has 2 saturated heterocycles. The number of anilines is 1. The molecule has 3 aliphatic heterocycles. The maximum absolute atomic E-state index is 16.0. The van der Waals surface area contributed by atoms with Crippen molar-refractivity contribution in [3.63, 3.8) is 0 Å². The highest BCUT2D eigenvalue weighted by molar-refractivity contribution is 7.85. The smallest absolute Gasteiger partial charge is 0.294 e. The van der Waals surface area contributed by atoms with Crippen molar-refractivity contribution >= 4 is 56.7 Å². The topological polar surface area (TPSA) is 190 Å². The predicted octanol–water partition coefficient (Wildman–Crippen LogP) is 5.20. The molecule has 16 heteroatoms. The number of rotatable bonds is 5. The molecule has 3 amide bonds. The SMILES string of the molecule is CC1(C)CCC2(CC1)N[C@@H](C(=O)N[C@@H]1CC[C@@H](C(N)=O)OC1)[C@H](c1ccnc(Cl)c1F)[C@]21C(=O)Nc2cc(Cl)ccc21.Cc1ccc(S(=O)(=O)O)cc1. The van der Waals surface area contributed by atoms with Gasteiger partial charge in [0.25, 0.3) is 10.1 Å². The number of ether oxygens (including phenoxy) is 1. The van der Waals surface area contributed by atoms with E-state index in [-0.39, 0.29) is 39.6 Å². The summed E-state index contributed by atoms with van der Waals surface area (Å²) in [6.45, 7) is 6.33. The van der Waals surface area contributed by atoms with Crippen molar-refractivity contribution in [2.24, 2.45) is 11.1 Å². The van der Waals surface area contributed by atoms with Crippen LogP contribution in [0.3, 0.4) is 0 Å². The monoisotopic (exact) mass is 789 g/mol. The number of amides is 3. The average Bonchev–Trinajstić information content (AvgIpc) is 3.55. The molecule has 1 aliphatic carbocycles. The first-order valence-electron chi connectivity index (χ1n) is 17.3. The molecular weight excluding hydrogens is 748 g/mol. The Kier molecular flexibility index (Phi) is 10.7. The van der Waals surface area contributed by atoms with Gasteiger partial charge in [0, 0.05) is 28.4 Å². The molecule has 12 nitrogen and oxygen atoms in total. The van der Waals surface area contributed by atoms with Gasteiger partial charge in [-0.05, 0) is 92.3 Å². The Bertz CT molecular complexity index is 2030. The van der Waals surface area contributed by atoms with Crippen molar-refractivity contribution in [2.75, 3.05) is 11.9 Å². The Labute approximate surface area is 317 Å². The van der Waals surface area contributed by atoms with Gasteiger partial charge in [-0.2, -0.15) is 8.42 Å². The van der Waals surface area contributed by atoms with Crippen LogP contribution in [0.25, 0.3) is 0 Å². The fourth-order valence-electron chi connectivity index (χ4n) is 8.42. The summed E-state index contributed by atoms with van der Waals surface area (Å²) >= 11 is 12.5. The molecule has 1 aromatic heterocycles. The van der Waals surface area contributed by atoms with Crippen molar-refractivity contribution < 1.29 is 36.5 Å². The number of hydrogen-bond donors (Lipinski definition) is 5. The van der Waals surface area contributed by atoms with Gasteiger partial charge < -0.3 is 21.1 Å². The van der Waals surface area contributed by atoms with E-state index in [2.05, 4.69) is 34.8 Å². The van der Waals surface area contributed by atoms with E-state index in [1.807, 2.05) is 13.0 Å². The predicted molar refractivity (Wildman–Crippen MR) is 197 cm³/mol. The van der Waals surface area contributed by atoms with E-state index in [0.717, 1.165) is 18.4 Å². The first-order chi connectivity index (χ1) is 24.9. The first kappa shape index (κ1) is 39.0. The van der Waals surface area contributed by atoms with E-state index < -0.39 is 56.8 Å². The minimum atomic E-state index is -4.02. The number of aryl methyl sites for hydroxylation is 1. The number of nitrogens with zero attached hydrogens (tertiary/aromatic N) is 1. The normalized spacial score (nSPS) is 27.0. The van der Waals surface area contributed by atoms with Crippen LogP contribution in [0.1, 0.15) is 75.0 Å². The van der Waals surface area contributed by atoms with Crippen molar-refractivity contribution in [1.82, 2.24) is 15.6 Å². The highest BCUT2D eigenvalue weighted by Crippen LogP contribution is 2.64. The first-order valence-corrected chi connectivity index (χ1v) is 19.5. The van der Waals surface area contributed by atoms with E-state index in [1.165, 1.54) is 24.4 Å².